The summed E-state index contributed by atoms with van der Waals surface area (Å²) < 4.78 is 23.8. The van der Waals surface area contributed by atoms with Crippen molar-refractivity contribution in [3.05, 3.63) is 23.5 Å². The van der Waals surface area contributed by atoms with Crippen LogP contribution in [0.15, 0.2) is 12.1 Å². The zero-order valence-corrected chi connectivity index (χ0v) is 9.21. The van der Waals surface area contributed by atoms with Crippen molar-refractivity contribution in [1.29, 1.82) is 0 Å². The largest absolute Gasteiger partial charge is 0.493 e. The number of nitrogens with two attached hydrogens (primary N) is 1. The van der Waals surface area contributed by atoms with E-state index < -0.39 is 0 Å². The van der Waals surface area contributed by atoms with Gasteiger partial charge >= 0.3 is 0 Å². The summed E-state index contributed by atoms with van der Waals surface area (Å²) in [5.74, 6) is 0.540. The SMILES string of the molecule is COc1cc(F)c(CN)cc1OC(C)C. The van der Waals surface area contributed by atoms with Gasteiger partial charge in [-0.05, 0) is 19.9 Å². The van der Waals surface area contributed by atoms with Gasteiger partial charge in [0.25, 0.3) is 0 Å². The summed E-state index contributed by atoms with van der Waals surface area (Å²) in [6, 6.07) is 2.87. The highest BCUT2D eigenvalue weighted by Crippen LogP contribution is 2.30. The maximum Gasteiger partial charge on any atom is 0.163 e. The Labute approximate surface area is 89.0 Å². The highest BCUT2D eigenvalue weighted by molar-refractivity contribution is 5.43. The fourth-order valence-electron chi connectivity index (χ4n) is 1.24. The van der Waals surface area contributed by atoms with Gasteiger partial charge in [-0.2, -0.15) is 0 Å². The zero-order valence-electron chi connectivity index (χ0n) is 9.21. The molecule has 0 unspecified atom stereocenters. The number of halogens is 1. The van der Waals surface area contributed by atoms with Crippen LogP contribution in [-0.4, -0.2) is 13.2 Å². The zero-order chi connectivity index (χ0) is 11.4. The van der Waals surface area contributed by atoms with Gasteiger partial charge in [-0.3, -0.25) is 0 Å². The van der Waals surface area contributed by atoms with E-state index in [2.05, 4.69) is 0 Å². The van der Waals surface area contributed by atoms with Gasteiger partial charge in [-0.25, -0.2) is 4.39 Å². The maximum atomic E-state index is 13.3. The first-order valence-corrected chi connectivity index (χ1v) is 4.81. The van der Waals surface area contributed by atoms with Gasteiger partial charge in [-0.1, -0.05) is 0 Å². The molecule has 1 rings (SSSR count). The highest BCUT2D eigenvalue weighted by atomic mass is 19.1. The molecule has 1 aromatic carbocycles. The number of ether oxygens (including phenoxy) is 2. The van der Waals surface area contributed by atoms with Crippen LogP contribution in [0.1, 0.15) is 19.4 Å². The van der Waals surface area contributed by atoms with E-state index >= 15 is 0 Å². The Morgan fingerprint density at radius 1 is 1.33 bits per heavy atom. The molecule has 0 radical (unpaired) electrons. The Balaban J connectivity index is 3.10. The first kappa shape index (κ1) is 11.8. The summed E-state index contributed by atoms with van der Waals surface area (Å²) in [7, 11) is 1.48. The van der Waals surface area contributed by atoms with Crippen molar-refractivity contribution in [1.82, 2.24) is 0 Å². The van der Waals surface area contributed by atoms with E-state index in [9.17, 15) is 4.39 Å². The van der Waals surface area contributed by atoms with Crippen LogP contribution in [0.5, 0.6) is 11.5 Å². The van der Waals surface area contributed by atoms with Gasteiger partial charge in [0.1, 0.15) is 5.82 Å². The van der Waals surface area contributed by atoms with Crippen LogP contribution in [-0.2, 0) is 6.54 Å². The summed E-state index contributed by atoms with van der Waals surface area (Å²) in [5, 5.41) is 0. The molecule has 0 bridgehead atoms. The molecule has 0 amide bonds. The van der Waals surface area contributed by atoms with Crippen molar-refractivity contribution in [2.24, 2.45) is 5.73 Å². The average molecular weight is 213 g/mol. The van der Waals surface area contributed by atoms with E-state index in [0.29, 0.717) is 17.1 Å². The molecule has 0 aliphatic carbocycles. The van der Waals surface area contributed by atoms with E-state index in [1.807, 2.05) is 13.8 Å². The van der Waals surface area contributed by atoms with Gasteiger partial charge in [0.15, 0.2) is 11.5 Å². The van der Waals surface area contributed by atoms with Gasteiger partial charge in [0, 0.05) is 18.2 Å². The topological polar surface area (TPSA) is 44.5 Å². The molecule has 0 fully saturated rings. The molecule has 0 saturated heterocycles. The van der Waals surface area contributed by atoms with Crippen LogP contribution in [0.25, 0.3) is 0 Å². The molecule has 84 valence electrons. The number of benzene rings is 1. The maximum absolute atomic E-state index is 13.3. The van der Waals surface area contributed by atoms with Crippen molar-refractivity contribution >= 4 is 0 Å². The molecular weight excluding hydrogens is 197 g/mol. The minimum absolute atomic E-state index is 0.00925. The lowest BCUT2D eigenvalue weighted by Crippen LogP contribution is -2.08. The second-order valence-corrected chi connectivity index (χ2v) is 3.47. The quantitative estimate of drug-likeness (QED) is 0.832. The lowest BCUT2D eigenvalue weighted by atomic mass is 10.2. The van der Waals surface area contributed by atoms with Crippen molar-refractivity contribution in [3.63, 3.8) is 0 Å². The smallest absolute Gasteiger partial charge is 0.163 e. The van der Waals surface area contributed by atoms with Crippen LogP contribution < -0.4 is 15.2 Å². The molecule has 3 nitrogen and oxygen atoms in total. The predicted molar refractivity (Wildman–Crippen MR) is 56.6 cm³/mol. The molecule has 0 aromatic heterocycles. The third-order valence-corrected chi connectivity index (χ3v) is 1.92. The molecule has 4 heteroatoms. The third kappa shape index (κ3) is 2.83. The Morgan fingerprint density at radius 2 is 2.00 bits per heavy atom. The molecule has 0 aliphatic rings. The van der Waals surface area contributed by atoms with Crippen molar-refractivity contribution < 1.29 is 13.9 Å². The summed E-state index contributed by atoms with van der Waals surface area (Å²) in [6.45, 7) is 3.93. The summed E-state index contributed by atoms with van der Waals surface area (Å²) in [4.78, 5) is 0. The van der Waals surface area contributed by atoms with Gasteiger partial charge in [-0.15, -0.1) is 0 Å². The van der Waals surface area contributed by atoms with E-state index in [1.54, 1.807) is 6.07 Å². The molecule has 0 aliphatic heterocycles. The molecule has 1 aromatic rings. The van der Waals surface area contributed by atoms with Crippen LogP contribution in [0.3, 0.4) is 0 Å². The molecule has 0 atom stereocenters. The monoisotopic (exact) mass is 213 g/mol. The molecule has 15 heavy (non-hydrogen) atoms. The Morgan fingerprint density at radius 3 is 2.47 bits per heavy atom. The number of rotatable bonds is 4. The van der Waals surface area contributed by atoms with Crippen LogP contribution in [0.4, 0.5) is 4.39 Å². The first-order chi connectivity index (χ1) is 7.08. The number of hydrogen-bond donors (Lipinski definition) is 1. The third-order valence-electron chi connectivity index (χ3n) is 1.92. The first-order valence-electron chi connectivity index (χ1n) is 4.81. The van der Waals surface area contributed by atoms with Gasteiger partial charge in [0.2, 0.25) is 0 Å². The van der Waals surface area contributed by atoms with Crippen molar-refractivity contribution in [2.45, 2.75) is 26.5 Å². The minimum atomic E-state index is -0.370. The summed E-state index contributed by atoms with van der Waals surface area (Å²) in [6.07, 6.45) is 0.00925. The number of methoxy groups -OCH3 is 1. The summed E-state index contributed by atoms with van der Waals surface area (Å²) in [5.41, 5.74) is 5.83. The molecule has 0 heterocycles. The van der Waals surface area contributed by atoms with Crippen LogP contribution >= 0.6 is 0 Å². The standard InChI is InChI=1S/C11H16FNO2/c1-7(2)15-11-4-8(6-13)9(12)5-10(11)14-3/h4-5,7H,6,13H2,1-3H3. The highest BCUT2D eigenvalue weighted by Gasteiger charge is 2.11. The molecule has 2 N–H and O–H groups in total. The second kappa shape index (κ2) is 4.98. The second-order valence-electron chi connectivity index (χ2n) is 3.47. The Hall–Kier alpha value is -1.29. The minimum Gasteiger partial charge on any atom is -0.493 e. The molecule has 0 spiro atoms. The molecular formula is C11H16FNO2. The van der Waals surface area contributed by atoms with E-state index in [4.69, 9.17) is 15.2 Å². The summed E-state index contributed by atoms with van der Waals surface area (Å²) >= 11 is 0. The van der Waals surface area contributed by atoms with Crippen LogP contribution in [0.2, 0.25) is 0 Å². The molecule has 0 saturated carbocycles. The van der Waals surface area contributed by atoms with E-state index in [1.165, 1.54) is 13.2 Å². The van der Waals surface area contributed by atoms with E-state index in [0.717, 1.165) is 0 Å². The van der Waals surface area contributed by atoms with Gasteiger partial charge < -0.3 is 15.2 Å². The van der Waals surface area contributed by atoms with Crippen LogP contribution in [0, 0.1) is 5.82 Å². The van der Waals surface area contributed by atoms with E-state index in [-0.39, 0.29) is 18.5 Å². The van der Waals surface area contributed by atoms with Gasteiger partial charge in [0.05, 0.1) is 13.2 Å². The average Bonchev–Trinajstić information content (AvgIpc) is 2.19. The lowest BCUT2D eigenvalue weighted by Gasteiger charge is -2.14. The van der Waals surface area contributed by atoms with Crippen molar-refractivity contribution in [3.8, 4) is 11.5 Å². The lowest BCUT2D eigenvalue weighted by molar-refractivity contribution is 0.229. The number of hydrogen-bond acceptors (Lipinski definition) is 3. The Kier molecular flexibility index (Phi) is 3.91. The fourth-order valence-corrected chi connectivity index (χ4v) is 1.24. The Bertz CT molecular complexity index is 340. The predicted octanol–water partition coefficient (Wildman–Crippen LogP) is 2.08. The normalized spacial score (nSPS) is 10.5. The fraction of sp³-hybridized carbons (Fsp3) is 0.455. The van der Waals surface area contributed by atoms with Crippen molar-refractivity contribution in [2.75, 3.05) is 7.11 Å².